The number of aromatic nitrogens is 2. The molecule has 0 fully saturated rings. The van der Waals surface area contributed by atoms with Gasteiger partial charge >= 0.3 is 0 Å². The van der Waals surface area contributed by atoms with E-state index in [2.05, 4.69) is 24.3 Å². The maximum absolute atomic E-state index is 12.3. The summed E-state index contributed by atoms with van der Waals surface area (Å²) in [6.45, 7) is 6.17. The van der Waals surface area contributed by atoms with Gasteiger partial charge in [-0.3, -0.25) is 9.48 Å². The number of rotatable bonds is 3. The van der Waals surface area contributed by atoms with Crippen molar-refractivity contribution in [1.82, 2.24) is 9.78 Å². The quantitative estimate of drug-likeness (QED) is 0.902. The van der Waals surface area contributed by atoms with Crippen molar-refractivity contribution in [2.45, 2.75) is 26.7 Å². The van der Waals surface area contributed by atoms with Crippen LogP contribution in [0, 0.1) is 6.92 Å². The van der Waals surface area contributed by atoms with E-state index in [0.717, 1.165) is 16.8 Å². The number of nitrogens with two attached hydrogens (primary N) is 1. The number of aryl methyl sites for hydroxylation is 2. The van der Waals surface area contributed by atoms with Crippen molar-refractivity contribution >= 4 is 17.3 Å². The first kappa shape index (κ1) is 14.1. The minimum atomic E-state index is -0.278. The highest BCUT2D eigenvalue weighted by Gasteiger charge is 2.17. The molecule has 0 aliphatic heterocycles. The fourth-order valence-electron chi connectivity index (χ4n) is 2.20. The first-order valence-corrected chi connectivity index (χ1v) is 6.60. The Kier molecular flexibility index (Phi) is 3.79. The Morgan fingerprint density at radius 3 is 2.65 bits per heavy atom. The standard InChI is InChI=1S/C15H20N4O/c1-9(2)11-7-5-6-10(3)13(11)17-15(20)14-12(16)8-19(4)18-14/h5-9H,16H2,1-4H3,(H,17,20). The van der Waals surface area contributed by atoms with Crippen LogP contribution in [0.15, 0.2) is 24.4 Å². The molecule has 5 nitrogen and oxygen atoms in total. The molecule has 20 heavy (non-hydrogen) atoms. The number of hydrogen-bond donors (Lipinski definition) is 2. The monoisotopic (exact) mass is 272 g/mol. The van der Waals surface area contributed by atoms with Gasteiger partial charge in [-0.05, 0) is 24.0 Å². The Morgan fingerprint density at radius 2 is 2.10 bits per heavy atom. The molecule has 0 radical (unpaired) electrons. The zero-order valence-corrected chi connectivity index (χ0v) is 12.3. The highest BCUT2D eigenvalue weighted by Crippen LogP contribution is 2.28. The summed E-state index contributed by atoms with van der Waals surface area (Å²) in [7, 11) is 1.74. The van der Waals surface area contributed by atoms with Crippen LogP contribution >= 0.6 is 0 Å². The van der Waals surface area contributed by atoms with Crippen LogP contribution in [-0.4, -0.2) is 15.7 Å². The summed E-state index contributed by atoms with van der Waals surface area (Å²) in [6.07, 6.45) is 1.62. The molecular weight excluding hydrogens is 252 g/mol. The van der Waals surface area contributed by atoms with E-state index >= 15 is 0 Å². The largest absolute Gasteiger partial charge is 0.396 e. The second-order valence-corrected chi connectivity index (χ2v) is 5.25. The van der Waals surface area contributed by atoms with Crippen molar-refractivity contribution in [1.29, 1.82) is 0 Å². The lowest BCUT2D eigenvalue weighted by Crippen LogP contribution is -2.17. The van der Waals surface area contributed by atoms with Gasteiger partial charge in [-0.15, -0.1) is 0 Å². The lowest BCUT2D eigenvalue weighted by atomic mass is 9.98. The molecule has 106 valence electrons. The Balaban J connectivity index is 2.35. The average Bonchev–Trinajstić information content (AvgIpc) is 2.70. The zero-order valence-electron chi connectivity index (χ0n) is 12.3. The molecule has 1 aromatic heterocycles. The molecule has 0 atom stereocenters. The van der Waals surface area contributed by atoms with Crippen LogP contribution in [0.4, 0.5) is 11.4 Å². The fourth-order valence-corrected chi connectivity index (χ4v) is 2.20. The van der Waals surface area contributed by atoms with Crippen LogP contribution in [-0.2, 0) is 7.05 Å². The summed E-state index contributed by atoms with van der Waals surface area (Å²) in [5.74, 6) is 0.0468. The summed E-state index contributed by atoms with van der Waals surface area (Å²) in [5, 5.41) is 7.03. The second kappa shape index (κ2) is 5.36. The molecule has 2 aromatic rings. The molecule has 0 bridgehead atoms. The van der Waals surface area contributed by atoms with E-state index in [4.69, 9.17) is 5.73 Å². The predicted molar refractivity (Wildman–Crippen MR) is 80.8 cm³/mol. The predicted octanol–water partition coefficient (Wildman–Crippen LogP) is 2.69. The van der Waals surface area contributed by atoms with Crippen LogP contribution in [0.25, 0.3) is 0 Å². The summed E-state index contributed by atoms with van der Waals surface area (Å²) in [4.78, 5) is 12.3. The molecule has 1 heterocycles. The Hall–Kier alpha value is -2.30. The van der Waals surface area contributed by atoms with Crippen LogP contribution in [0.5, 0.6) is 0 Å². The van der Waals surface area contributed by atoms with Gasteiger partial charge in [-0.25, -0.2) is 0 Å². The molecule has 5 heteroatoms. The second-order valence-electron chi connectivity index (χ2n) is 5.25. The van der Waals surface area contributed by atoms with Gasteiger partial charge in [0.15, 0.2) is 5.69 Å². The van der Waals surface area contributed by atoms with Crippen molar-refractivity contribution in [2.24, 2.45) is 7.05 Å². The molecule has 2 rings (SSSR count). The molecule has 0 unspecified atom stereocenters. The molecule has 0 aliphatic carbocycles. The van der Waals surface area contributed by atoms with E-state index < -0.39 is 0 Å². The van der Waals surface area contributed by atoms with E-state index in [0.29, 0.717) is 11.6 Å². The van der Waals surface area contributed by atoms with E-state index in [1.807, 2.05) is 25.1 Å². The van der Waals surface area contributed by atoms with Gasteiger partial charge in [0, 0.05) is 18.9 Å². The summed E-state index contributed by atoms with van der Waals surface area (Å²) >= 11 is 0. The van der Waals surface area contributed by atoms with Crippen molar-refractivity contribution in [3.63, 3.8) is 0 Å². The van der Waals surface area contributed by atoms with E-state index in [9.17, 15) is 4.79 Å². The van der Waals surface area contributed by atoms with Crippen LogP contribution in [0.2, 0.25) is 0 Å². The molecular formula is C15H20N4O. The first-order chi connectivity index (χ1) is 9.40. The average molecular weight is 272 g/mol. The molecule has 0 spiro atoms. The number of benzene rings is 1. The number of carbonyl (C=O) groups is 1. The smallest absolute Gasteiger partial charge is 0.278 e. The van der Waals surface area contributed by atoms with E-state index in [-0.39, 0.29) is 11.6 Å². The Bertz CT molecular complexity index is 643. The summed E-state index contributed by atoms with van der Waals surface area (Å²) in [5.41, 5.74) is 9.40. The number of nitrogen functional groups attached to an aromatic ring is 1. The van der Waals surface area contributed by atoms with E-state index in [1.165, 1.54) is 4.68 Å². The van der Waals surface area contributed by atoms with Gasteiger partial charge in [0.05, 0.1) is 5.69 Å². The molecule has 0 saturated carbocycles. The SMILES string of the molecule is Cc1cccc(C(C)C)c1NC(=O)c1nn(C)cc1N. The van der Waals surface area contributed by atoms with Gasteiger partial charge in [0.2, 0.25) is 0 Å². The molecule has 0 saturated heterocycles. The number of anilines is 2. The van der Waals surface area contributed by atoms with Gasteiger partial charge in [0.25, 0.3) is 5.91 Å². The highest BCUT2D eigenvalue weighted by atomic mass is 16.2. The Morgan fingerprint density at radius 1 is 1.40 bits per heavy atom. The fraction of sp³-hybridized carbons (Fsp3) is 0.333. The molecule has 1 amide bonds. The lowest BCUT2D eigenvalue weighted by molar-refractivity contribution is 0.102. The number of nitrogens with one attached hydrogen (secondary N) is 1. The number of nitrogens with zero attached hydrogens (tertiary/aromatic N) is 2. The minimum absolute atomic E-state index is 0.255. The topological polar surface area (TPSA) is 72.9 Å². The van der Waals surface area contributed by atoms with Crippen LogP contribution < -0.4 is 11.1 Å². The van der Waals surface area contributed by atoms with Gasteiger partial charge in [0.1, 0.15) is 0 Å². The van der Waals surface area contributed by atoms with Gasteiger partial charge < -0.3 is 11.1 Å². The van der Waals surface area contributed by atoms with E-state index in [1.54, 1.807) is 13.2 Å². The van der Waals surface area contributed by atoms with Gasteiger partial charge in [-0.1, -0.05) is 32.0 Å². The summed E-state index contributed by atoms with van der Waals surface area (Å²) < 4.78 is 1.53. The maximum atomic E-state index is 12.3. The van der Waals surface area contributed by atoms with Crippen molar-refractivity contribution in [2.75, 3.05) is 11.1 Å². The normalized spacial score (nSPS) is 10.8. The third-order valence-electron chi connectivity index (χ3n) is 3.24. The number of amides is 1. The Labute approximate surface area is 118 Å². The highest BCUT2D eigenvalue weighted by molar-refractivity contribution is 6.06. The van der Waals surface area contributed by atoms with Crippen LogP contribution in [0.1, 0.15) is 41.4 Å². The van der Waals surface area contributed by atoms with Crippen LogP contribution in [0.3, 0.4) is 0 Å². The number of para-hydroxylation sites is 1. The summed E-state index contributed by atoms with van der Waals surface area (Å²) in [6, 6.07) is 5.99. The van der Waals surface area contributed by atoms with Crippen molar-refractivity contribution in [3.8, 4) is 0 Å². The maximum Gasteiger partial charge on any atom is 0.278 e. The molecule has 0 aliphatic rings. The third-order valence-corrected chi connectivity index (χ3v) is 3.24. The minimum Gasteiger partial charge on any atom is -0.396 e. The molecule has 3 N–H and O–H groups in total. The number of carbonyl (C=O) groups excluding carboxylic acids is 1. The third kappa shape index (κ3) is 2.66. The first-order valence-electron chi connectivity index (χ1n) is 6.60. The molecule has 1 aromatic carbocycles. The van der Waals surface area contributed by atoms with Gasteiger partial charge in [-0.2, -0.15) is 5.10 Å². The zero-order chi connectivity index (χ0) is 14.9. The number of hydrogen-bond acceptors (Lipinski definition) is 3. The van der Waals surface area contributed by atoms with Crippen molar-refractivity contribution in [3.05, 3.63) is 41.2 Å². The van der Waals surface area contributed by atoms with Crippen molar-refractivity contribution < 1.29 is 4.79 Å². The lowest BCUT2D eigenvalue weighted by Gasteiger charge is -2.16.